The third-order valence-electron chi connectivity index (χ3n) is 4.15. The third kappa shape index (κ3) is 2.58. The molecule has 0 heterocycles. The van der Waals surface area contributed by atoms with Crippen molar-refractivity contribution in [3.63, 3.8) is 0 Å². The standard InChI is InChI=1S/C15H20N2O2/c1-15(2)13(7-14(15)18)17-9-10-4-5-11(8-16)12(6-10)19-3/h4-6,13-14,17-18H,7,9H2,1-3H3. The Kier molecular flexibility index (Phi) is 3.79. The minimum Gasteiger partial charge on any atom is -0.495 e. The van der Waals surface area contributed by atoms with Crippen LogP contribution in [0.2, 0.25) is 0 Å². The zero-order chi connectivity index (χ0) is 14.0. The Morgan fingerprint density at radius 2 is 2.26 bits per heavy atom. The second-order valence-electron chi connectivity index (χ2n) is 5.65. The molecule has 102 valence electrons. The van der Waals surface area contributed by atoms with Crippen LogP contribution < -0.4 is 10.1 Å². The van der Waals surface area contributed by atoms with Crippen LogP contribution in [0.4, 0.5) is 0 Å². The van der Waals surface area contributed by atoms with Gasteiger partial charge in [0, 0.05) is 18.0 Å². The highest BCUT2D eigenvalue weighted by Gasteiger charge is 2.46. The molecule has 2 unspecified atom stereocenters. The first-order chi connectivity index (χ1) is 8.98. The Labute approximate surface area is 114 Å². The summed E-state index contributed by atoms with van der Waals surface area (Å²) < 4.78 is 5.19. The Balaban J connectivity index is 2.00. The fourth-order valence-corrected chi connectivity index (χ4v) is 2.43. The molecule has 0 amide bonds. The molecule has 4 nitrogen and oxygen atoms in total. The number of aliphatic hydroxyl groups excluding tert-OH is 1. The second kappa shape index (κ2) is 5.20. The van der Waals surface area contributed by atoms with Crippen molar-refractivity contribution in [3.8, 4) is 11.8 Å². The number of benzene rings is 1. The van der Waals surface area contributed by atoms with Gasteiger partial charge in [-0.05, 0) is 24.1 Å². The molecule has 2 rings (SSSR count). The number of rotatable bonds is 4. The molecular formula is C15H20N2O2. The zero-order valence-corrected chi connectivity index (χ0v) is 11.6. The van der Waals surface area contributed by atoms with Crippen molar-refractivity contribution < 1.29 is 9.84 Å². The fourth-order valence-electron chi connectivity index (χ4n) is 2.43. The number of hydrogen-bond acceptors (Lipinski definition) is 4. The Hall–Kier alpha value is -1.57. The molecule has 0 aromatic heterocycles. The largest absolute Gasteiger partial charge is 0.495 e. The Morgan fingerprint density at radius 3 is 2.79 bits per heavy atom. The summed E-state index contributed by atoms with van der Waals surface area (Å²) in [6, 6.07) is 8.01. The topological polar surface area (TPSA) is 65.3 Å². The highest BCUT2D eigenvalue weighted by molar-refractivity contribution is 5.45. The monoisotopic (exact) mass is 260 g/mol. The fraction of sp³-hybridized carbons (Fsp3) is 0.533. The van der Waals surface area contributed by atoms with Crippen molar-refractivity contribution in [2.24, 2.45) is 5.41 Å². The van der Waals surface area contributed by atoms with Gasteiger partial charge >= 0.3 is 0 Å². The number of nitrogens with one attached hydrogen (secondary N) is 1. The van der Waals surface area contributed by atoms with E-state index in [1.54, 1.807) is 13.2 Å². The molecule has 0 bridgehead atoms. The van der Waals surface area contributed by atoms with E-state index < -0.39 is 0 Å². The molecule has 2 atom stereocenters. The predicted molar refractivity (Wildman–Crippen MR) is 72.7 cm³/mol. The molecule has 1 aliphatic carbocycles. The summed E-state index contributed by atoms with van der Waals surface area (Å²) in [7, 11) is 1.57. The molecular weight excluding hydrogens is 240 g/mol. The molecule has 4 heteroatoms. The molecule has 0 spiro atoms. The maximum absolute atomic E-state index is 9.70. The van der Waals surface area contributed by atoms with Crippen LogP contribution in [0.25, 0.3) is 0 Å². The Morgan fingerprint density at radius 1 is 1.53 bits per heavy atom. The van der Waals surface area contributed by atoms with Crippen LogP contribution in [0.3, 0.4) is 0 Å². The van der Waals surface area contributed by atoms with Gasteiger partial charge in [-0.15, -0.1) is 0 Å². The lowest BCUT2D eigenvalue weighted by Crippen LogP contribution is -2.59. The quantitative estimate of drug-likeness (QED) is 0.866. The summed E-state index contributed by atoms with van der Waals surface area (Å²) >= 11 is 0. The van der Waals surface area contributed by atoms with Gasteiger partial charge in [-0.3, -0.25) is 0 Å². The van der Waals surface area contributed by atoms with E-state index in [4.69, 9.17) is 10.00 Å². The number of nitrogens with zero attached hydrogens (tertiary/aromatic N) is 1. The van der Waals surface area contributed by atoms with E-state index in [1.807, 2.05) is 12.1 Å². The molecule has 19 heavy (non-hydrogen) atoms. The van der Waals surface area contributed by atoms with Crippen molar-refractivity contribution in [1.29, 1.82) is 5.26 Å². The molecule has 1 aromatic rings. The highest BCUT2D eigenvalue weighted by atomic mass is 16.5. The van der Waals surface area contributed by atoms with Gasteiger partial charge in [-0.25, -0.2) is 0 Å². The van der Waals surface area contributed by atoms with Gasteiger partial charge in [-0.2, -0.15) is 5.26 Å². The maximum Gasteiger partial charge on any atom is 0.136 e. The second-order valence-corrected chi connectivity index (χ2v) is 5.65. The number of ether oxygens (including phenoxy) is 1. The van der Waals surface area contributed by atoms with E-state index >= 15 is 0 Å². The first kappa shape index (κ1) is 13.9. The molecule has 1 fully saturated rings. The van der Waals surface area contributed by atoms with Crippen molar-refractivity contribution in [2.45, 2.75) is 39.0 Å². The van der Waals surface area contributed by atoms with Crippen LogP contribution in [0.15, 0.2) is 18.2 Å². The molecule has 1 aromatic carbocycles. The van der Waals surface area contributed by atoms with E-state index in [9.17, 15) is 5.11 Å². The van der Waals surface area contributed by atoms with Crippen molar-refractivity contribution in [2.75, 3.05) is 7.11 Å². The molecule has 0 aliphatic heterocycles. The summed E-state index contributed by atoms with van der Waals surface area (Å²) in [6.07, 6.45) is 0.570. The van der Waals surface area contributed by atoms with Crippen LogP contribution in [-0.2, 0) is 6.54 Å². The molecule has 1 aliphatic rings. The number of nitriles is 1. The summed E-state index contributed by atoms with van der Waals surface area (Å²) in [5.74, 6) is 0.606. The van der Waals surface area contributed by atoms with Gasteiger partial charge in [0.05, 0.1) is 18.8 Å². The van der Waals surface area contributed by atoms with Gasteiger partial charge in [0.2, 0.25) is 0 Å². The van der Waals surface area contributed by atoms with Crippen molar-refractivity contribution in [3.05, 3.63) is 29.3 Å². The van der Waals surface area contributed by atoms with E-state index in [2.05, 4.69) is 25.2 Å². The van der Waals surface area contributed by atoms with Crippen LogP contribution in [0.1, 0.15) is 31.4 Å². The first-order valence-corrected chi connectivity index (χ1v) is 6.47. The number of hydrogen-bond donors (Lipinski definition) is 2. The lowest BCUT2D eigenvalue weighted by Gasteiger charge is -2.49. The number of aliphatic hydroxyl groups is 1. The summed E-state index contributed by atoms with van der Waals surface area (Å²) in [4.78, 5) is 0. The lowest BCUT2D eigenvalue weighted by atomic mass is 9.64. The van der Waals surface area contributed by atoms with Crippen molar-refractivity contribution >= 4 is 0 Å². The molecule has 2 N–H and O–H groups in total. The van der Waals surface area contributed by atoms with Crippen LogP contribution in [0, 0.1) is 16.7 Å². The average molecular weight is 260 g/mol. The first-order valence-electron chi connectivity index (χ1n) is 6.47. The van der Waals surface area contributed by atoms with Gasteiger partial charge in [0.25, 0.3) is 0 Å². The molecule has 0 radical (unpaired) electrons. The summed E-state index contributed by atoms with van der Waals surface area (Å²) in [6.45, 7) is 4.85. The maximum atomic E-state index is 9.70. The highest BCUT2D eigenvalue weighted by Crippen LogP contribution is 2.40. The lowest BCUT2D eigenvalue weighted by molar-refractivity contribution is -0.0729. The minimum absolute atomic E-state index is 0.0727. The summed E-state index contributed by atoms with van der Waals surface area (Å²) in [5.41, 5.74) is 1.55. The van der Waals surface area contributed by atoms with E-state index in [0.29, 0.717) is 23.9 Å². The van der Waals surface area contributed by atoms with Crippen LogP contribution in [-0.4, -0.2) is 24.4 Å². The SMILES string of the molecule is COc1cc(CNC2CC(O)C2(C)C)ccc1C#N. The smallest absolute Gasteiger partial charge is 0.136 e. The van der Waals surface area contributed by atoms with Crippen molar-refractivity contribution in [1.82, 2.24) is 5.32 Å². The average Bonchev–Trinajstić information content (AvgIpc) is 2.42. The third-order valence-corrected chi connectivity index (χ3v) is 4.15. The zero-order valence-electron chi connectivity index (χ0n) is 11.6. The van der Waals surface area contributed by atoms with Crippen LogP contribution >= 0.6 is 0 Å². The van der Waals surface area contributed by atoms with E-state index in [0.717, 1.165) is 12.0 Å². The van der Waals surface area contributed by atoms with Gasteiger partial charge in [0.1, 0.15) is 11.8 Å². The van der Waals surface area contributed by atoms with Gasteiger partial charge in [-0.1, -0.05) is 19.9 Å². The predicted octanol–water partition coefficient (Wildman–Crippen LogP) is 1.82. The van der Waals surface area contributed by atoms with Crippen LogP contribution in [0.5, 0.6) is 5.75 Å². The Bertz CT molecular complexity index is 505. The summed E-state index contributed by atoms with van der Waals surface area (Å²) in [5, 5.41) is 22.1. The van der Waals surface area contributed by atoms with E-state index in [1.165, 1.54) is 0 Å². The van der Waals surface area contributed by atoms with Gasteiger partial charge < -0.3 is 15.2 Å². The molecule has 0 saturated heterocycles. The normalized spacial score (nSPS) is 24.4. The molecule has 1 saturated carbocycles. The van der Waals surface area contributed by atoms with Gasteiger partial charge in [0.15, 0.2) is 0 Å². The minimum atomic E-state index is -0.222. The van der Waals surface area contributed by atoms with E-state index in [-0.39, 0.29) is 11.5 Å². The number of methoxy groups -OCH3 is 1.